The fraction of sp³-hybridized carbons (Fsp3) is 0.615. The van der Waals surface area contributed by atoms with Crippen LogP contribution in [0.5, 0.6) is 5.88 Å². The molecule has 9 heteroatoms. The van der Waals surface area contributed by atoms with Gasteiger partial charge in [-0.1, -0.05) is 77.6 Å². The number of aromatic nitrogens is 2. The molecule has 2 N–H and O–H groups in total. The molecule has 9 nitrogen and oxygen atoms in total. The van der Waals surface area contributed by atoms with Crippen LogP contribution >= 0.6 is 0 Å². The Hall–Kier alpha value is -3.10. The lowest BCUT2D eigenvalue weighted by Crippen LogP contribution is -2.16. The third-order valence-corrected chi connectivity index (χ3v) is 5.95. The molecule has 0 fully saturated rings. The highest BCUT2D eigenvalue weighted by molar-refractivity contribution is 5.91. The second kappa shape index (κ2) is 15.7. The number of ether oxygens (including phenoxy) is 1. The topological polar surface area (TPSA) is 119 Å². The molecular weight excluding hydrogens is 448 g/mol. The van der Waals surface area contributed by atoms with Crippen LogP contribution in [0, 0.1) is 10.1 Å². The van der Waals surface area contributed by atoms with E-state index in [2.05, 4.69) is 17.3 Å². The summed E-state index contributed by atoms with van der Waals surface area (Å²) in [6.45, 7) is 4.36. The minimum absolute atomic E-state index is 0.0740. The van der Waals surface area contributed by atoms with E-state index in [1.807, 2.05) is 0 Å². The third-order valence-electron chi connectivity index (χ3n) is 5.95. The van der Waals surface area contributed by atoms with Crippen LogP contribution in [0.25, 0.3) is 5.69 Å². The zero-order chi connectivity index (χ0) is 25.5. The molecule has 0 aliphatic heterocycles. The van der Waals surface area contributed by atoms with Crippen molar-refractivity contribution < 1.29 is 14.5 Å². The van der Waals surface area contributed by atoms with Gasteiger partial charge in [-0.3, -0.25) is 24.8 Å². The highest BCUT2D eigenvalue weighted by Crippen LogP contribution is 2.26. The van der Waals surface area contributed by atoms with Crippen LogP contribution in [0.15, 0.2) is 29.1 Å². The molecule has 0 unspecified atom stereocenters. The Morgan fingerprint density at radius 1 is 0.971 bits per heavy atom. The van der Waals surface area contributed by atoms with E-state index in [1.54, 1.807) is 13.0 Å². The number of H-pyrrole nitrogens is 1. The molecule has 1 aromatic heterocycles. The van der Waals surface area contributed by atoms with Crippen LogP contribution in [0.2, 0.25) is 0 Å². The molecule has 0 radical (unpaired) electrons. The number of amides is 1. The van der Waals surface area contributed by atoms with Gasteiger partial charge < -0.3 is 10.1 Å². The molecule has 0 saturated carbocycles. The van der Waals surface area contributed by atoms with Gasteiger partial charge in [0.1, 0.15) is 5.69 Å². The zero-order valence-electron chi connectivity index (χ0n) is 21.1. The van der Waals surface area contributed by atoms with Gasteiger partial charge in [-0.25, -0.2) is 4.68 Å². The quantitative estimate of drug-likeness (QED) is 0.141. The fourth-order valence-electron chi connectivity index (χ4n) is 4.07. The molecule has 2 rings (SSSR count). The van der Waals surface area contributed by atoms with Crippen molar-refractivity contribution in [2.75, 3.05) is 11.9 Å². The lowest BCUT2D eigenvalue weighted by molar-refractivity contribution is -0.384. The Labute approximate surface area is 207 Å². The number of carbonyl (C=O) groups excluding carboxylic acids is 1. The molecule has 194 valence electrons. The summed E-state index contributed by atoms with van der Waals surface area (Å²) in [7, 11) is 0. The van der Waals surface area contributed by atoms with E-state index in [-0.39, 0.29) is 23.2 Å². The summed E-state index contributed by atoms with van der Waals surface area (Å²) in [4.78, 5) is 35.5. The van der Waals surface area contributed by atoms with Gasteiger partial charge in [0.25, 0.3) is 11.2 Å². The van der Waals surface area contributed by atoms with Crippen molar-refractivity contribution >= 4 is 17.3 Å². The highest BCUT2D eigenvalue weighted by Gasteiger charge is 2.19. The van der Waals surface area contributed by atoms with Gasteiger partial charge in [0.2, 0.25) is 11.8 Å². The Morgan fingerprint density at radius 3 is 2.14 bits per heavy atom. The summed E-state index contributed by atoms with van der Waals surface area (Å²) in [5, 5.41) is 17.0. The molecule has 2 aromatic rings. The number of hydrogen-bond acceptors (Lipinski definition) is 5. The maximum atomic E-state index is 12.3. The highest BCUT2D eigenvalue weighted by atomic mass is 16.6. The number of aromatic amines is 1. The minimum Gasteiger partial charge on any atom is -0.478 e. The average molecular weight is 489 g/mol. The molecule has 0 aliphatic rings. The maximum Gasteiger partial charge on any atom is 0.297 e. The molecule has 1 aromatic carbocycles. The molecule has 0 aliphatic carbocycles. The van der Waals surface area contributed by atoms with Crippen LogP contribution in [0.3, 0.4) is 0 Å². The first kappa shape index (κ1) is 28.1. The molecule has 1 amide bonds. The van der Waals surface area contributed by atoms with Gasteiger partial charge in [-0.2, -0.15) is 0 Å². The van der Waals surface area contributed by atoms with E-state index < -0.39 is 10.5 Å². The number of nitro groups is 1. The lowest BCUT2D eigenvalue weighted by atomic mass is 10.0. The van der Waals surface area contributed by atoms with E-state index >= 15 is 0 Å². The molecular formula is C26H40N4O5. The smallest absolute Gasteiger partial charge is 0.297 e. The first-order chi connectivity index (χ1) is 17.0. The zero-order valence-corrected chi connectivity index (χ0v) is 21.1. The van der Waals surface area contributed by atoms with Crippen molar-refractivity contribution in [3.05, 3.63) is 44.7 Å². The van der Waals surface area contributed by atoms with Gasteiger partial charge in [0.05, 0.1) is 17.6 Å². The number of carbonyl (C=O) groups is 1. The number of rotatable bonds is 18. The Balaban J connectivity index is 1.75. The summed E-state index contributed by atoms with van der Waals surface area (Å²) < 4.78 is 6.31. The van der Waals surface area contributed by atoms with Crippen LogP contribution in [-0.4, -0.2) is 27.2 Å². The van der Waals surface area contributed by atoms with Crippen molar-refractivity contribution in [3.8, 4) is 11.6 Å². The number of nitro benzene ring substituents is 1. The van der Waals surface area contributed by atoms with E-state index in [0.29, 0.717) is 18.7 Å². The minimum atomic E-state index is -0.580. The predicted octanol–water partition coefficient (Wildman–Crippen LogP) is 6.50. The summed E-state index contributed by atoms with van der Waals surface area (Å²) in [6, 6.07) is 5.49. The van der Waals surface area contributed by atoms with E-state index in [0.717, 1.165) is 23.9 Å². The molecule has 0 atom stereocenters. The third kappa shape index (κ3) is 9.96. The molecule has 0 saturated heterocycles. The molecule has 0 bridgehead atoms. The lowest BCUT2D eigenvalue weighted by Gasteiger charge is -2.08. The first-order valence-corrected chi connectivity index (χ1v) is 13.0. The van der Waals surface area contributed by atoms with Gasteiger partial charge in [0.15, 0.2) is 0 Å². The second-order valence-corrected chi connectivity index (χ2v) is 8.87. The Kier molecular flexibility index (Phi) is 12.7. The summed E-state index contributed by atoms with van der Waals surface area (Å²) in [6.07, 6.45) is 15.1. The summed E-state index contributed by atoms with van der Waals surface area (Å²) in [5.41, 5.74) is -0.362. The van der Waals surface area contributed by atoms with E-state index in [9.17, 15) is 19.7 Å². The molecule has 35 heavy (non-hydrogen) atoms. The van der Waals surface area contributed by atoms with Gasteiger partial charge in [-0.05, 0) is 25.5 Å². The van der Waals surface area contributed by atoms with Gasteiger partial charge in [0, 0.05) is 18.2 Å². The van der Waals surface area contributed by atoms with Gasteiger partial charge >= 0.3 is 0 Å². The number of unbranched alkanes of at least 4 members (excludes halogenated alkanes) is 11. The average Bonchev–Trinajstić information content (AvgIpc) is 3.19. The summed E-state index contributed by atoms with van der Waals surface area (Å²) >= 11 is 0. The SMILES string of the molecule is CCCCCCCCCCCCCCC(=O)Nc1ccc(-n2[nH]c(OCC)cc2=O)c([N+](=O)[O-])c1. The standard InChI is InChI=1S/C26H40N4O5/c1-3-5-6-7-8-9-10-11-12-13-14-15-16-24(31)27-21-17-18-22(23(19-21)30(33)34)29-26(32)20-25(28-29)35-4-2/h17-20,28H,3-16H2,1-2H3,(H,27,31). The van der Waals surface area contributed by atoms with Crippen LogP contribution in [0.4, 0.5) is 11.4 Å². The van der Waals surface area contributed by atoms with E-state index in [1.165, 1.54) is 76.0 Å². The number of anilines is 1. The normalized spacial score (nSPS) is 10.9. The number of nitrogens with zero attached hydrogens (tertiary/aromatic N) is 2. The van der Waals surface area contributed by atoms with Crippen LogP contribution in [0.1, 0.15) is 97.3 Å². The van der Waals surface area contributed by atoms with Crippen molar-refractivity contribution in [2.24, 2.45) is 0 Å². The van der Waals surface area contributed by atoms with Crippen molar-refractivity contribution in [1.82, 2.24) is 9.78 Å². The van der Waals surface area contributed by atoms with E-state index in [4.69, 9.17) is 4.74 Å². The Bertz CT molecular complexity index is 982. The largest absolute Gasteiger partial charge is 0.478 e. The van der Waals surface area contributed by atoms with Gasteiger partial charge in [-0.15, -0.1) is 0 Å². The first-order valence-electron chi connectivity index (χ1n) is 13.0. The molecule has 0 spiro atoms. The van der Waals surface area contributed by atoms with Crippen LogP contribution < -0.4 is 15.6 Å². The Morgan fingerprint density at radius 2 is 1.57 bits per heavy atom. The monoisotopic (exact) mass is 488 g/mol. The van der Waals surface area contributed by atoms with Crippen LogP contribution in [-0.2, 0) is 4.79 Å². The summed E-state index contributed by atoms with van der Waals surface area (Å²) in [5.74, 6) is 0.0568. The van der Waals surface area contributed by atoms with Crippen molar-refractivity contribution in [3.63, 3.8) is 0 Å². The number of nitrogens with one attached hydrogen (secondary N) is 2. The van der Waals surface area contributed by atoms with Crippen molar-refractivity contribution in [2.45, 2.75) is 97.3 Å². The number of hydrogen-bond donors (Lipinski definition) is 2. The fourth-order valence-corrected chi connectivity index (χ4v) is 4.07. The molecule has 1 heterocycles. The predicted molar refractivity (Wildman–Crippen MR) is 139 cm³/mol. The number of benzene rings is 1. The maximum absolute atomic E-state index is 12.3. The second-order valence-electron chi connectivity index (χ2n) is 8.87. The van der Waals surface area contributed by atoms with Crippen molar-refractivity contribution in [1.29, 1.82) is 0 Å².